The van der Waals surface area contributed by atoms with E-state index in [9.17, 15) is 13.2 Å². The summed E-state index contributed by atoms with van der Waals surface area (Å²) in [6.45, 7) is 3.50. The molecule has 0 saturated carbocycles. The third-order valence-electron chi connectivity index (χ3n) is 3.59. The largest absolute Gasteiger partial charge is 0.345 e. The van der Waals surface area contributed by atoms with Gasteiger partial charge in [-0.25, -0.2) is 0 Å². The van der Waals surface area contributed by atoms with E-state index >= 15 is 0 Å². The fourth-order valence-electron chi connectivity index (χ4n) is 2.37. The molecule has 2 fully saturated rings. The van der Waals surface area contributed by atoms with Crippen LogP contribution in [0, 0.1) is 0 Å². The summed E-state index contributed by atoms with van der Waals surface area (Å²) in [6.07, 6.45) is 1.49. The lowest BCUT2D eigenvalue weighted by Gasteiger charge is -2.27. The number of likely N-dealkylation sites (N-methyl/N-ethyl adjacent to an activating group) is 1. The number of amides is 1. The third-order valence-corrected chi connectivity index (χ3v) is 5.57. The highest BCUT2D eigenvalue weighted by Gasteiger charge is 2.33. The zero-order chi connectivity index (χ0) is 13.9. The lowest BCUT2D eigenvalue weighted by molar-refractivity contribution is -0.129. The Labute approximate surface area is 114 Å². The Balaban J connectivity index is 2.11. The van der Waals surface area contributed by atoms with Gasteiger partial charge in [-0.15, -0.1) is 0 Å². The lowest BCUT2D eigenvalue weighted by atomic mass is 10.4. The number of nitrogens with zero attached hydrogens (tertiary/aromatic N) is 3. The number of carbonyl (C=O) groups excluding carboxylic acids is 1. The van der Waals surface area contributed by atoms with Crippen molar-refractivity contribution in [3.8, 4) is 0 Å². The van der Waals surface area contributed by atoms with Crippen molar-refractivity contribution in [2.75, 3.05) is 52.9 Å². The highest BCUT2D eigenvalue weighted by Crippen LogP contribution is 2.13. The summed E-state index contributed by atoms with van der Waals surface area (Å²) in [5, 5.41) is 3.18. The van der Waals surface area contributed by atoms with Crippen LogP contribution in [0.4, 0.5) is 0 Å². The van der Waals surface area contributed by atoms with Gasteiger partial charge in [-0.2, -0.15) is 17.0 Å². The van der Waals surface area contributed by atoms with Gasteiger partial charge in [0.15, 0.2) is 0 Å². The highest BCUT2D eigenvalue weighted by atomic mass is 32.2. The van der Waals surface area contributed by atoms with E-state index in [2.05, 4.69) is 5.32 Å². The minimum atomic E-state index is -3.51. The van der Waals surface area contributed by atoms with Crippen LogP contribution in [0.25, 0.3) is 0 Å². The Bertz CT molecular complexity index is 418. The molecule has 0 spiro atoms. The Kier molecular flexibility index (Phi) is 4.77. The van der Waals surface area contributed by atoms with Crippen LogP contribution >= 0.6 is 0 Å². The summed E-state index contributed by atoms with van der Waals surface area (Å²) in [5.41, 5.74) is 0. The van der Waals surface area contributed by atoms with Crippen molar-refractivity contribution >= 4 is 16.1 Å². The van der Waals surface area contributed by atoms with E-state index < -0.39 is 10.2 Å². The first-order valence-electron chi connectivity index (χ1n) is 6.72. The lowest BCUT2D eigenvalue weighted by Crippen LogP contribution is -2.47. The zero-order valence-electron chi connectivity index (χ0n) is 11.3. The van der Waals surface area contributed by atoms with Gasteiger partial charge in [0.05, 0.1) is 6.54 Å². The molecule has 0 aromatic carbocycles. The molecule has 2 heterocycles. The van der Waals surface area contributed by atoms with Gasteiger partial charge in [-0.05, 0) is 19.4 Å². The van der Waals surface area contributed by atoms with E-state index in [0.29, 0.717) is 39.1 Å². The molecular weight excluding hydrogens is 268 g/mol. The van der Waals surface area contributed by atoms with Gasteiger partial charge < -0.3 is 10.2 Å². The maximum atomic E-state index is 12.6. The van der Waals surface area contributed by atoms with Gasteiger partial charge in [0.1, 0.15) is 0 Å². The molecule has 2 aliphatic rings. The summed E-state index contributed by atoms with van der Waals surface area (Å²) in [6, 6.07) is 0. The predicted molar refractivity (Wildman–Crippen MR) is 71.8 cm³/mol. The molecule has 1 N–H and O–H groups in total. The normalized spacial score (nSPS) is 25.1. The predicted octanol–water partition coefficient (Wildman–Crippen LogP) is -1.31. The van der Waals surface area contributed by atoms with Crippen molar-refractivity contribution in [1.29, 1.82) is 0 Å². The van der Waals surface area contributed by atoms with Gasteiger partial charge in [-0.1, -0.05) is 0 Å². The first-order valence-corrected chi connectivity index (χ1v) is 8.11. The maximum absolute atomic E-state index is 12.6. The fraction of sp³-hybridized carbons (Fsp3) is 0.909. The van der Waals surface area contributed by atoms with Crippen LogP contribution in [0.3, 0.4) is 0 Å². The molecule has 0 radical (unpaired) electrons. The molecule has 2 aliphatic heterocycles. The van der Waals surface area contributed by atoms with E-state index in [1.807, 2.05) is 0 Å². The van der Waals surface area contributed by atoms with Gasteiger partial charge in [-0.3, -0.25) is 4.79 Å². The molecule has 19 heavy (non-hydrogen) atoms. The summed E-state index contributed by atoms with van der Waals surface area (Å²) >= 11 is 0. The van der Waals surface area contributed by atoms with Gasteiger partial charge in [0.2, 0.25) is 5.91 Å². The van der Waals surface area contributed by atoms with Crippen molar-refractivity contribution in [1.82, 2.24) is 18.8 Å². The average molecular weight is 290 g/mol. The molecule has 2 rings (SSSR count). The zero-order valence-corrected chi connectivity index (χ0v) is 12.2. The first kappa shape index (κ1) is 14.7. The standard InChI is InChI=1S/C11H22N4O3S/c1-13-6-3-8-15(10-11(13)16)19(17,18)14-7-2-4-12-5-9-14/h12H,2-10H2,1H3. The van der Waals surface area contributed by atoms with Crippen LogP contribution in [-0.2, 0) is 15.0 Å². The van der Waals surface area contributed by atoms with E-state index in [0.717, 1.165) is 13.0 Å². The molecule has 0 aromatic heterocycles. The Hall–Kier alpha value is -0.700. The molecule has 0 aliphatic carbocycles. The van der Waals surface area contributed by atoms with Crippen LogP contribution < -0.4 is 5.32 Å². The van der Waals surface area contributed by atoms with Crippen LogP contribution in [-0.4, -0.2) is 80.7 Å². The molecule has 8 heteroatoms. The minimum absolute atomic E-state index is 0.0389. The molecule has 2 saturated heterocycles. The summed E-state index contributed by atoms with van der Waals surface area (Å²) < 4.78 is 27.9. The topological polar surface area (TPSA) is 73.0 Å². The second-order valence-electron chi connectivity index (χ2n) is 5.01. The average Bonchev–Trinajstić information content (AvgIpc) is 2.73. The monoisotopic (exact) mass is 290 g/mol. The molecule has 0 bridgehead atoms. The molecule has 110 valence electrons. The fourth-order valence-corrected chi connectivity index (χ4v) is 4.01. The molecule has 7 nitrogen and oxygen atoms in total. The van der Waals surface area contributed by atoms with Gasteiger partial charge in [0.25, 0.3) is 10.2 Å². The molecule has 0 unspecified atom stereocenters. The second-order valence-corrected chi connectivity index (χ2v) is 6.94. The SMILES string of the molecule is CN1CCCN(S(=O)(=O)N2CCCNCC2)CC1=O. The number of rotatable bonds is 2. The van der Waals surface area contributed by atoms with Crippen LogP contribution in [0.1, 0.15) is 12.8 Å². The molecule has 0 atom stereocenters. The van der Waals surface area contributed by atoms with Crippen LogP contribution in [0.15, 0.2) is 0 Å². The number of hydrogen-bond donors (Lipinski definition) is 1. The smallest absolute Gasteiger partial charge is 0.282 e. The Morgan fingerprint density at radius 1 is 1.00 bits per heavy atom. The summed E-state index contributed by atoms with van der Waals surface area (Å²) in [5.74, 6) is -0.131. The van der Waals surface area contributed by atoms with E-state index in [4.69, 9.17) is 0 Å². The number of hydrogen-bond acceptors (Lipinski definition) is 4. The van der Waals surface area contributed by atoms with E-state index in [1.165, 1.54) is 8.61 Å². The quantitative estimate of drug-likeness (QED) is 0.685. The van der Waals surface area contributed by atoms with Crippen molar-refractivity contribution in [2.45, 2.75) is 12.8 Å². The van der Waals surface area contributed by atoms with Crippen molar-refractivity contribution in [2.24, 2.45) is 0 Å². The Morgan fingerprint density at radius 3 is 2.53 bits per heavy atom. The highest BCUT2D eigenvalue weighted by molar-refractivity contribution is 7.86. The number of carbonyl (C=O) groups is 1. The second kappa shape index (κ2) is 6.17. The molecular formula is C11H22N4O3S. The van der Waals surface area contributed by atoms with Gasteiger partial charge in [0, 0.05) is 39.8 Å². The van der Waals surface area contributed by atoms with Gasteiger partial charge >= 0.3 is 0 Å². The van der Waals surface area contributed by atoms with Crippen LogP contribution in [0.2, 0.25) is 0 Å². The van der Waals surface area contributed by atoms with Crippen LogP contribution in [0.5, 0.6) is 0 Å². The maximum Gasteiger partial charge on any atom is 0.282 e. The van der Waals surface area contributed by atoms with Crippen molar-refractivity contribution < 1.29 is 13.2 Å². The first-order chi connectivity index (χ1) is 9.01. The van der Waals surface area contributed by atoms with Crippen molar-refractivity contribution in [3.05, 3.63) is 0 Å². The van der Waals surface area contributed by atoms with Crippen molar-refractivity contribution in [3.63, 3.8) is 0 Å². The van der Waals surface area contributed by atoms with E-state index in [-0.39, 0.29) is 12.5 Å². The Morgan fingerprint density at radius 2 is 1.74 bits per heavy atom. The number of nitrogens with one attached hydrogen (secondary N) is 1. The third kappa shape index (κ3) is 3.44. The molecule has 1 amide bonds. The summed E-state index contributed by atoms with van der Waals surface area (Å²) in [7, 11) is -1.79. The summed E-state index contributed by atoms with van der Waals surface area (Å²) in [4.78, 5) is 13.4. The minimum Gasteiger partial charge on any atom is -0.345 e. The molecule has 0 aromatic rings. The van der Waals surface area contributed by atoms with E-state index in [1.54, 1.807) is 11.9 Å².